The summed E-state index contributed by atoms with van der Waals surface area (Å²) in [5, 5.41) is 5.68. The summed E-state index contributed by atoms with van der Waals surface area (Å²) < 4.78 is 10.5. The number of nitrogens with zero attached hydrogens (tertiary/aromatic N) is 1. The highest BCUT2D eigenvalue weighted by Crippen LogP contribution is 2.34. The van der Waals surface area contributed by atoms with Crippen molar-refractivity contribution >= 4 is 22.4 Å². The highest BCUT2D eigenvalue weighted by Gasteiger charge is 2.24. The lowest BCUT2D eigenvalue weighted by Crippen LogP contribution is -2.12. The van der Waals surface area contributed by atoms with Crippen molar-refractivity contribution < 1.29 is 14.3 Å². The number of aromatic nitrogens is 1. The lowest BCUT2D eigenvalue weighted by Gasteiger charge is -2.09. The van der Waals surface area contributed by atoms with Crippen molar-refractivity contribution in [3.63, 3.8) is 0 Å². The van der Waals surface area contributed by atoms with Gasteiger partial charge in [-0.2, -0.15) is 0 Å². The summed E-state index contributed by atoms with van der Waals surface area (Å²) in [7, 11) is 0. The predicted molar refractivity (Wildman–Crippen MR) is 76.4 cm³/mol. The van der Waals surface area contributed by atoms with Gasteiger partial charge >= 0.3 is 5.97 Å². The first kappa shape index (κ1) is 12.9. The largest absolute Gasteiger partial charge is 0.491 e. The third kappa shape index (κ3) is 2.46. The molecule has 1 atom stereocenters. The van der Waals surface area contributed by atoms with Crippen LogP contribution in [0.2, 0.25) is 0 Å². The zero-order valence-electron chi connectivity index (χ0n) is 11.0. The molecule has 2 heterocycles. The smallest absolute Gasteiger partial charge is 0.357 e. The molecule has 1 N–H and O–H groups in total. The van der Waals surface area contributed by atoms with Crippen LogP contribution >= 0.6 is 11.3 Å². The van der Waals surface area contributed by atoms with Crippen molar-refractivity contribution in [2.75, 3.05) is 18.5 Å². The molecule has 0 aliphatic carbocycles. The van der Waals surface area contributed by atoms with E-state index in [1.165, 1.54) is 11.3 Å². The van der Waals surface area contributed by atoms with Gasteiger partial charge in [-0.25, -0.2) is 9.78 Å². The molecule has 0 saturated carbocycles. The molecule has 0 amide bonds. The molecule has 6 heteroatoms. The summed E-state index contributed by atoms with van der Waals surface area (Å²) in [6, 6.07) is 7.97. The first-order valence-electron chi connectivity index (χ1n) is 6.39. The fourth-order valence-corrected chi connectivity index (χ4v) is 2.80. The zero-order valence-corrected chi connectivity index (χ0v) is 11.8. The molecule has 1 aromatic carbocycles. The van der Waals surface area contributed by atoms with Gasteiger partial charge in [0.1, 0.15) is 12.4 Å². The number of hydrogen-bond donors (Lipinski definition) is 1. The molecular weight excluding hydrogens is 276 g/mol. The van der Waals surface area contributed by atoms with Crippen LogP contribution < -0.4 is 10.1 Å². The Hall–Kier alpha value is -2.08. The molecule has 0 spiro atoms. The van der Waals surface area contributed by atoms with E-state index in [1.807, 2.05) is 24.3 Å². The zero-order chi connectivity index (χ0) is 13.9. The molecule has 0 radical (unpaired) electrons. The maximum atomic E-state index is 11.6. The van der Waals surface area contributed by atoms with E-state index in [4.69, 9.17) is 9.47 Å². The average Bonchev–Trinajstić information content (AvgIpc) is 3.08. The lowest BCUT2D eigenvalue weighted by molar-refractivity contribution is 0.0520. The van der Waals surface area contributed by atoms with E-state index in [-0.39, 0.29) is 12.0 Å². The summed E-state index contributed by atoms with van der Waals surface area (Å²) in [4.78, 5) is 15.8. The quantitative estimate of drug-likeness (QED) is 0.877. The third-order valence-electron chi connectivity index (χ3n) is 2.99. The third-order valence-corrected chi connectivity index (χ3v) is 3.76. The number of carbonyl (C=O) groups excluding carboxylic acids is 1. The number of nitrogens with one attached hydrogen (secondary N) is 1. The van der Waals surface area contributed by atoms with Gasteiger partial charge in [0.25, 0.3) is 0 Å². The number of benzene rings is 1. The number of anilines is 1. The van der Waals surface area contributed by atoms with Crippen molar-refractivity contribution in [1.29, 1.82) is 0 Å². The van der Waals surface area contributed by atoms with Gasteiger partial charge in [-0.3, -0.25) is 0 Å². The molecule has 0 saturated heterocycles. The van der Waals surface area contributed by atoms with E-state index >= 15 is 0 Å². The second kappa shape index (κ2) is 5.50. The summed E-state index contributed by atoms with van der Waals surface area (Å²) in [5.41, 5.74) is 1.45. The number of para-hydroxylation sites is 1. The second-order valence-electron chi connectivity index (χ2n) is 4.30. The normalized spacial score (nSPS) is 16.4. The number of carbonyl (C=O) groups is 1. The highest BCUT2D eigenvalue weighted by atomic mass is 32.1. The summed E-state index contributed by atoms with van der Waals surface area (Å²) in [6.45, 7) is 2.69. The number of fused-ring (bicyclic) bond motifs is 1. The molecule has 20 heavy (non-hydrogen) atoms. The molecule has 3 rings (SSSR count). The van der Waals surface area contributed by atoms with Crippen molar-refractivity contribution in [3.05, 3.63) is 40.9 Å². The van der Waals surface area contributed by atoms with E-state index in [1.54, 1.807) is 12.3 Å². The van der Waals surface area contributed by atoms with E-state index in [9.17, 15) is 4.79 Å². The Kier molecular flexibility index (Phi) is 3.56. The summed E-state index contributed by atoms with van der Waals surface area (Å²) in [5.74, 6) is 0.507. The van der Waals surface area contributed by atoms with Crippen LogP contribution in [0, 0.1) is 0 Å². The maximum Gasteiger partial charge on any atom is 0.357 e. The van der Waals surface area contributed by atoms with Gasteiger partial charge < -0.3 is 14.8 Å². The van der Waals surface area contributed by atoms with Crippen LogP contribution in [0.4, 0.5) is 5.13 Å². The standard InChI is InChI=1S/C14H14N2O3S/c1-2-18-13(17)11-8-20-14(16-11)15-10-7-19-12-6-4-3-5-9(10)12/h3-6,8,10H,2,7H2,1H3,(H,15,16). The fraction of sp³-hybridized carbons (Fsp3) is 0.286. The fourth-order valence-electron chi connectivity index (χ4n) is 2.07. The first-order valence-corrected chi connectivity index (χ1v) is 7.27. The van der Waals surface area contributed by atoms with E-state index in [2.05, 4.69) is 10.3 Å². The summed E-state index contributed by atoms with van der Waals surface area (Å²) >= 11 is 1.39. The van der Waals surface area contributed by atoms with Crippen molar-refractivity contribution in [2.45, 2.75) is 13.0 Å². The van der Waals surface area contributed by atoms with Crippen molar-refractivity contribution in [3.8, 4) is 5.75 Å². The summed E-state index contributed by atoms with van der Waals surface area (Å²) in [6.07, 6.45) is 0. The Morgan fingerprint density at radius 2 is 2.40 bits per heavy atom. The minimum atomic E-state index is -0.389. The average molecular weight is 290 g/mol. The van der Waals surface area contributed by atoms with Gasteiger partial charge in [0.15, 0.2) is 10.8 Å². The van der Waals surface area contributed by atoms with Crippen LogP contribution in [-0.4, -0.2) is 24.2 Å². The van der Waals surface area contributed by atoms with Gasteiger partial charge in [0, 0.05) is 10.9 Å². The molecule has 104 valence electrons. The SMILES string of the molecule is CCOC(=O)c1csc(NC2COc3ccccc32)n1. The molecule has 5 nitrogen and oxygen atoms in total. The Morgan fingerprint density at radius 3 is 3.25 bits per heavy atom. The van der Waals surface area contributed by atoms with Crippen molar-refractivity contribution in [1.82, 2.24) is 4.98 Å². The minimum Gasteiger partial charge on any atom is -0.491 e. The van der Waals surface area contributed by atoms with E-state index in [0.717, 1.165) is 11.3 Å². The Bertz CT molecular complexity index is 626. The topological polar surface area (TPSA) is 60.5 Å². The van der Waals surface area contributed by atoms with Crippen molar-refractivity contribution in [2.24, 2.45) is 0 Å². The van der Waals surface area contributed by atoms with Gasteiger partial charge in [0.05, 0.1) is 12.6 Å². The van der Waals surface area contributed by atoms with Crippen LogP contribution in [-0.2, 0) is 4.74 Å². The highest BCUT2D eigenvalue weighted by molar-refractivity contribution is 7.13. The van der Waals surface area contributed by atoms with Crippen LogP contribution in [0.1, 0.15) is 29.0 Å². The Morgan fingerprint density at radius 1 is 1.55 bits per heavy atom. The molecule has 0 bridgehead atoms. The van der Waals surface area contributed by atoms with Crippen LogP contribution in [0.25, 0.3) is 0 Å². The number of rotatable bonds is 4. The number of ether oxygens (including phenoxy) is 2. The molecular formula is C14H14N2O3S. The molecule has 0 fully saturated rings. The first-order chi connectivity index (χ1) is 9.78. The Labute approximate surface area is 120 Å². The van der Waals surface area contributed by atoms with Gasteiger partial charge in [-0.15, -0.1) is 11.3 Å². The maximum absolute atomic E-state index is 11.6. The molecule has 1 aliphatic heterocycles. The number of thiazole rings is 1. The van der Waals surface area contributed by atoms with Crippen LogP contribution in [0.3, 0.4) is 0 Å². The predicted octanol–water partition coefficient (Wildman–Crippen LogP) is 2.87. The molecule has 1 aliphatic rings. The van der Waals surface area contributed by atoms with Gasteiger partial charge in [-0.05, 0) is 13.0 Å². The van der Waals surface area contributed by atoms with Crippen LogP contribution in [0.5, 0.6) is 5.75 Å². The minimum absolute atomic E-state index is 0.0624. The number of hydrogen-bond acceptors (Lipinski definition) is 6. The lowest BCUT2D eigenvalue weighted by atomic mass is 10.1. The molecule has 1 unspecified atom stereocenters. The Balaban J connectivity index is 1.72. The molecule has 1 aromatic heterocycles. The number of esters is 1. The monoisotopic (exact) mass is 290 g/mol. The van der Waals surface area contributed by atoms with Crippen LogP contribution in [0.15, 0.2) is 29.6 Å². The second-order valence-corrected chi connectivity index (χ2v) is 5.16. The van der Waals surface area contributed by atoms with E-state index in [0.29, 0.717) is 24.0 Å². The van der Waals surface area contributed by atoms with Gasteiger partial charge in [-0.1, -0.05) is 18.2 Å². The van der Waals surface area contributed by atoms with E-state index < -0.39 is 0 Å². The molecule has 2 aromatic rings. The van der Waals surface area contributed by atoms with Gasteiger partial charge in [0.2, 0.25) is 0 Å².